The molecule has 5 nitrogen and oxygen atoms in total. The van der Waals surface area contributed by atoms with Gasteiger partial charge >= 0.3 is 5.97 Å². The van der Waals surface area contributed by atoms with Crippen LogP contribution in [0.1, 0.15) is 31.5 Å². The van der Waals surface area contributed by atoms with Crippen LogP contribution >= 0.6 is 0 Å². The normalized spacial score (nSPS) is 12.5. The quantitative estimate of drug-likeness (QED) is 0.657. The van der Waals surface area contributed by atoms with Gasteiger partial charge in [0.2, 0.25) is 5.89 Å². The highest BCUT2D eigenvalue weighted by molar-refractivity contribution is 5.76. The third kappa shape index (κ3) is 2.27. The predicted molar refractivity (Wildman–Crippen MR) is 44.1 cm³/mol. The highest BCUT2D eigenvalue weighted by Gasteiger charge is 2.21. The van der Waals surface area contributed by atoms with Gasteiger partial charge in [-0.3, -0.25) is 4.79 Å². The first kappa shape index (κ1) is 9.70. The zero-order valence-corrected chi connectivity index (χ0v) is 7.90. The fraction of sp³-hybridized carbons (Fsp3) is 0.625. The van der Waals surface area contributed by atoms with Crippen LogP contribution in [0.25, 0.3) is 0 Å². The number of hydrogen-bond acceptors (Lipinski definition) is 5. The van der Waals surface area contributed by atoms with Crippen LogP contribution in [0.3, 0.4) is 0 Å². The van der Waals surface area contributed by atoms with Crippen molar-refractivity contribution < 1.29 is 14.1 Å². The second-order valence-corrected chi connectivity index (χ2v) is 2.65. The number of esters is 1. The molecule has 1 aromatic heterocycles. The minimum absolute atomic E-state index is 0.330. The van der Waals surface area contributed by atoms with Crippen molar-refractivity contribution in [2.45, 2.75) is 26.7 Å². The van der Waals surface area contributed by atoms with Crippen LogP contribution in [0.4, 0.5) is 0 Å². The number of nitrogens with zero attached hydrogens (tertiary/aromatic N) is 2. The van der Waals surface area contributed by atoms with Crippen molar-refractivity contribution in [1.29, 1.82) is 0 Å². The van der Waals surface area contributed by atoms with Gasteiger partial charge in [0.25, 0.3) is 0 Å². The van der Waals surface area contributed by atoms with Crippen LogP contribution in [0.2, 0.25) is 0 Å². The molecule has 1 aromatic rings. The Labute approximate surface area is 76.1 Å². The predicted octanol–water partition coefficient (Wildman–Crippen LogP) is 1.04. The van der Waals surface area contributed by atoms with Gasteiger partial charge in [0, 0.05) is 6.92 Å². The van der Waals surface area contributed by atoms with Gasteiger partial charge in [0.15, 0.2) is 5.82 Å². The lowest BCUT2D eigenvalue weighted by molar-refractivity contribution is -0.144. The topological polar surface area (TPSA) is 65.2 Å². The van der Waals surface area contributed by atoms with Crippen molar-refractivity contribution in [1.82, 2.24) is 10.1 Å². The SMILES string of the molecule is CCOC(=O)[C@H](C)c1noc(C)n1. The Bertz CT molecular complexity index is 295. The van der Waals surface area contributed by atoms with E-state index >= 15 is 0 Å². The van der Waals surface area contributed by atoms with E-state index < -0.39 is 5.92 Å². The Kier molecular flexibility index (Phi) is 3.00. The molecular formula is C8H12N2O3. The second-order valence-electron chi connectivity index (χ2n) is 2.65. The molecule has 1 atom stereocenters. The number of aromatic nitrogens is 2. The molecule has 13 heavy (non-hydrogen) atoms. The van der Waals surface area contributed by atoms with E-state index in [9.17, 15) is 4.79 Å². The first-order valence-electron chi connectivity index (χ1n) is 4.12. The van der Waals surface area contributed by atoms with Crippen molar-refractivity contribution in [3.05, 3.63) is 11.7 Å². The smallest absolute Gasteiger partial charge is 0.316 e. The van der Waals surface area contributed by atoms with Gasteiger partial charge < -0.3 is 9.26 Å². The largest absolute Gasteiger partial charge is 0.465 e. The second kappa shape index (κ2) is 4.02. The molecule has 72 valence electrons. The fourth-order valence-corrected chi connectivity index (χ4v) is 0.864. The lowest BCUT2D eigenvalue weighted by Crippen LogP contribution is -2.14. The minimum atomic E-state index is -0.461. The van der Waals surface area contributed by atoms with Crippen LogP contribution in [0.5, 0.6) is 0 Å². The molecule has 0 aliphatic rings. The van der Waals surface area contributed by atoms with Gasteiger partial charge in [-0.2, -0.15) is 4.98 Å². The van der Waals surface area contributed by atoms with Gasteiger partial charge in [-0.05, 0) is 13.8 Å². The summed E-state index contributed by atoms with van der Waals surface area (Å²) in [7, 11) is 0. The summed E-state index contributed by atoms with van der Waals surface area (Å²) in [4.78, 5) is 15.1. The summed E-state index contributed by atoms with van der Waals surface area (Å²) in [6.45, 7) is 5.47. The van der Waals surface area contributed by atoms with Gasteiger partial charge in [-0.1, -0.05) is 5.16 Å². The van der Waals surface area contributed by atoms with Crippen LogP contribution in [-0.4, -0.2) is 22.7 Å². The minimum Gasteiger partial charge on any atom is -0.465 e. The molecule has 1 rings (SSSR count). The summed E-state index contributed by atoms with van der Waals surface area (Å²) in [5.41, 5.74) is 0. The number of hydrogen-bond donors (Lipinski definition) is 0. The Hall–Kier alpha value is -1.39. The van der Waals surface area contributed by atoms with Gasteiger partial charge in [-0.15, -0.1) is 0 Å². The Morgan fingerprint density at radius 1 is 1.69 bits per heavy atom. The van der Waals surface area contributed by atoms with E-state index in [4.69, 9.17) is 9.26 Å². The maximum atomic E-state index is 11.2. The fourth-order valence-electron chi connectivity index (χ4n) is 0.864. The van der Waals surface area contributed by atoms with E-state index in [-0.39, 0.29) is 5.97 Å². The molecule has 0 unspecified atom stereocenters. The average molecular weight is 184 g/mol. The van der Waals surface area contributed by atoms with E-state index in [1.165, 1.54) is 0 Å². The molecule has 0 radical (unpaired) electrons. The van der Waals surface area contributed by atoms with E-state index in [2.05, 4.69) is 10.1 Å². The molecular weight excluding hydrogens is 172 g/mol. The molecule has 0 amide bonds. The number of rotatable bonds is 3. The first-order valence-corrected chi connectivity index (χ1v) is 4.12. The maximum absolute atomic E-state index is 11.2. The van der Waals surface area contributed by atoms with Crippen LogP contribution in [0, 0.1) is 6.92 Å². The first-order chi connectivity index (χ1) is 6.15. The zero-order chi connectivity index (χ0) is 9.84. The van der Waals surface area contributed by atoms with E-state index in [1.807, 2.05) is 0 Å². The van der Waals surface area contributed by atoms with Gasteiger partial charge in [0.05, 0.1) is 6.61 Å². The third-order valence-electron chi connectivity index (χ3n) is 1.57. The molecule has 0 bridgehead atoms. The summed E-state index contributed by atoms with van der Waals surface area (Å²) in [5, 5.41) is 3.63. The molecule has 0 N–H and O–H groups in total. The van der Waals surface area contributed by atoms with Gasteiger partial charge in [0.1, 0.15) is 5.92 Å². The molecule has 0 spiro atoms. The number of carbonyl (C=O) groups excluding carboxylic acids is 1. The maximum Gasteiger partial charge on any atom is 0.316 e. The van der Waals surface area contributed by atoms with Crippen molar-refractivity contribution in [3.63, 3.8) is 0 Å². The van der Waals surface area contributed by atoms with Crippen molar-refractivity contribution in [2.24, 2.45) is 0 Å². The van der Waals surface area contributed by atoms with E-state index in [0.717, 1.165) is 0 Å². The van der Waals surface area contributed by atoms with Crippen molar-refractivity contribution in [2.75, 3.05) is 6.61 Å². The lowest BCUT2D eigenvalue weighted by Gasteiger charge is -2.04. The number of carbonyl (C=O) groups is 1. The van der Waals surface area contributed by atoms with Crippen LogP contribution < -0.4 is 0 Å². The van der Waals surface area contributed by atoms with E-state index in [1.54, 1.807) is 20.8 Å². The summed E-state index contributed by atoms with van der Waals surface area (Å²) in [6, 6.07) is 0. The molecule has 1 heterocycles. The van der Waals surface area contributed by atoms with E-state index in [0.29, 0.717) is 18.3 Å². The van der Waals surface area contributed by atoms with Crippen LogP contribution in [0.15, 0.2) is 4.52 Å². The highest BCUT2D eigenvalue weighted by atomic mass is 16.5. The summed E-state index contributed by atoms with van der Waals surface area (Å²) < 4.78 is 9.55. The Morgan fingerprint density at radius 2 is 2.38 bits per heavy atom. The van der Waals surface area contributed by atoms with Crippen molar-refractivity contribution >= 4 is 5.97 Å². The Morgan fingerprint density at radius 3 is 2.85 bits per heavy atom. The highest BCUT2D eigenvalue weighted by Crippen LogP contribution is 2.12. The standard InChI is InChI=1S/C8H12N2O3/c1-4-12-8(11)5(2)7-9-6(3)13-10-7/h5H,4H2,1-3H3/t5-/m1/s1. The van der Waals surface area contributed by atoms with Crippen LogP contribution in [-0.2, 0) is 9.53 Å². The summed E-state index contributed by atoms with van der Waals surface area (Å²) in [6.07, 6.45) is 0. The molecule has 0 saturated carbocycles. The lowest BCUT2D eigenvalue weighted by atomic mass is 10.2. The molecule has 0 aromatic carbocycles. The average Bonchev–Trinajstić information content (AvgIpc) is 2.51. The monoisotopic (exact) mass is 184 g/mol. The molecule has 0 aliphatic heterocycles. The zero-order valence-electron chi connectivity index (χ0n) is 7.90. The molecule has 0 saturated heterocycles. The third-order valence-corrected chi connectivity index (χ3v) is 1.57. The molecule has 0 fully saturated rings. The summed E-state index contributed by atoms with van der Waals surface area (Å²) >= 11 is 0. The van der Waals surface area contributed by atoms with Gasteiger partial charge in [-0.25, -0.2) is 0 Å². The number of ether oxygens (including phenoxy) is 1. The number of aryl methyl sites for hydroxylation is 1. The Balaban J connectivity index is 2.67. The van der Waals surface area contributed by atoms with Crippen molar-refractivity contribution in [3.8, 4) is 0 Å². The molecule has 5 heteroatoms. The molecule has 0 aliphatic carbocycles. The summed E-state index contributed by atoms with van der Waals surface area (Å²) in [5.74, 6) is 0.0304.